The lowest BCUT2D eigenvalue weighted by Gasteiger charge is -2.03. The normalized spacial score (nSPS) is 20.5. The number of ether oxygens (including phenoxy) is 1. The van der Waals surface area contributed by atoms with Crippen LogP contribution in [0.2, 0.25) is 0 Å². The molecule has 1 aromatic rings. The van der Waals surface area contributed by atoms with Gasteiger partial charge in [0.15, 0.2) is 6.10 Å². The van der Waals surface area contributed by atoms with E-state index in [4.69, 9.17) is 9.84 Å². The largest absolute Gasteiger partial charge is 0.479 e. The van der Waals surface area contributed by atoms with E-state index < -0.39 is 12.1 Å². The van der Waals surface area contributed by atoms with Crippen LogP contribution in [0.3, 0.4) is 0 Å². The van der Waals surface area contributed by atoms with Crippen molar-refractivity contribution in [1.29, 1.82) is 0 Å². The van der Waals surface area contributed by atoms with Gasteiger partial charge in [-0.2, -0.15) is 0 Å². The highest BCUT2D eigenvalue weighted by molar-refractivity contribution is 5.75. The van der Waals surface area contributed by atoms with Crippen molar-refractivity contribution < 1.29 is 14.6 Å². The van der Waals surface area contributed by atoms with Crippen LogP contribution in [0.25, 0.3) is 0 Å². The average Bonchev–Trinajstić information content (AvgIpc) is 2.47. The van der Waals surface area contributed by atoms with Crippen molar-refractivity contribution in [2.24, 2.45) is 0 Å². The molecule has 0 bridgehead atoms. The molecule has 3 nitrogen and oxygen atoms in total. The Kier molecular flexibility index (Phi) is 1.59. The number of carboxylic acid groups (broad SMARTS) is 1. The minimum absolute atomic E-state index is 0.410. The molecule has 0 unspecified atom stereocenters. The summed E-state index contributed by atoms with van der Waals surface area (Å²) in [5, 5.41) is 8.74. The number of carbonyl (C=O) groups is 1. The molecule has 1 atom stereocenters. The van der Waals surface area contributed by atoms with Crippen LogP contribution >= 0.6 is 0 Å². The second kappa shape index (κ2) is 2.60. The number of aliphatic carboxylic acids is 1. The molecule has 2 rings (SSSR count). The van der Waals surface area contributed by atoms with E-state index in [1.807, 2.05) is 18.2 Å². The molecule has 0 aromatic heterocycles. The van der Waals surface area contributed by atoms with Crippen molar-refractivity contribution >= 4 is 5.97 Å². The molecule has 0 aliphatic carbocycles. The summed E-state index contributed by atoms with van der Waals surface area (Å²) in [5.41, 5.74) is 1.76. The van der Waals surface area contributed by atoms with E-state index >= 15 is 0 Å². The lowest BCUT2D eigenvalue weighted by Crippen LogP contribution is -2.09. The lowest BCUT2D eigenvalue weighted by atomic mass is 10.1. The van der Waals surface area contributed by atoms with Gasteiger partial charge in [0.1, 0.15) is 0 Å². The Balaban J connectivity index is 2.42. The van der Waals surface area contributed by atoms with Gasteiger partial charge in [0.25, 0.3) is 0 Å². The zero-order valence-electron chi connectivity index (χ0n) is 6.36. The maximum atomic E-state index is 10.6. The zero-order chi connectivity index (χ0) is 8.55. The van der Waals surface area contributed by atoms with Crippen LogP contribution in [0.4, 0.5) is 0 Å². The van der Waals surface area contributed by atoms with Crippen molar-refractivity contribution in [3.8, 4) is 0 Å². The van der Waals surface area contributed by atoms with Gasteiger partial charge in [0.05, 0.1) is 6.61 Å². The quantitative estimate of drug-likeness (QED) is 0.681. The molecule has 1 N–H and O–H groups in total. The van der Waals surface area contributed by atoms with E-state index in [1.165, 1.54) is 0 Å². The molecule has 0 saturated carbocycles. The molecule has 1 aliphatic rings. The molecule has 0 saturated heterocycles. The van der Waals surface area contributed by atoms with Gasteiger partial charge in [-0.05, 0) is 11.1 Å². The minimum Gasteiger partial charge on any atom is -0.479 e. The minimum atomic E-state index is -0.917. The first-order valence-corrected chi connectivity index (χ1v) is 3.71. The summed E-state index contributed by atoms with van der Waals surface area (Å²) in [4.78, 5) is 10.6. The molecular formula is C9H8O3. The van der Waals surface area contributed by atoms with Crippen LogP contribution in [0.5, 0.6) is 0 Å². The number of hydrogen-bond donors (Lipinski definition) is 1. The van der Waals surface area contributed by atoms with E-state index in [1.54, 1.807) is 6.07 Å². The van der Waals surface area contributed by atoms with Gasteiger partial charge < -0.3 is 9.84 Å². The number of fused-ring (bicyclic) bond motifs is 1. The van der Waals surface area contributed by atoms with E-state index in [-0.39, 0.29) is 0 Å². The van der Waals surface area contributed by atoms with Crippen LogP contribution in [-0.4, -0.2) is 11.1 Å². The van der Waals surface area contributed by atoms with Gasteiger partial charge in [0, 0.05) is 0 Å². The third-order valence-electron chi connectivity index (χ3n) is 1.97. The van der Waals surface area contributed by atoms with E-state index in [2.05, 4.69) is 0 Å². The smallest absolute Gasteiger partial charge is 0.337 e. The Labute approximate surface area is 69.6 Å². The van der Waals surface area contributed by atoms with Crippen LogP contribution in [0, 0.1) is 0 Å². The third-order valence-corrected chi connectivity index (χ3v) is 1.97. The molecule has 1 aromatic carbocycles. The van der Waals surface area contributed by atoms with Crippen LogP contribution < -0.4 is 0 Å². The molecule has 0 spiro atoms. The van der Waals surface area contributed by atoms with E-state index in [0.29, 0.717) is 6.61 Å². The third kappa shape index (κ3) is 0.987. The Morgan fingerprint density at radius 1 is 1.50 bits per heavy atom. The van der Waals surface area contributed by atoms with E-state index in [9.17, 15) is 4.79 Å². The summed E-state index contributed by atoms with van der Waals surface area (Å²) >= 11 is 0. The number of carboxylic acids is 1. The van der Waals surface area contributed by atoms with Gasteiger partial charge in [0.2, 0.25) is 0 Å². The summed E-state index contributed by atoms with van der Waals surface area (Å²) in [5.74, 6) is -0.917. The predicted octanol–water partition coefficient (Wildman–Crippen LogP) is 1.34. The Morgan fingerprint density at radius 3 is 3.00 bits per heavy atom. The first kappa shape index (κ1) is 7.31. The van der Waals surface area contributed by atoms with Crippen molar-refractivity contribution in [2.75, 3.05) is 0 Å². The molecule has 0 radical (unpaired) electrons. The van der Waals surface area contributed by atoms with Crippen molar-refractivity contribution in [1.82, 2.24) is 0 Å². The number of benzene rings is 1. The standard InChI is InChI=1S/C9H8O3/c10-9(11)8-7-4-2-1-3-6(7)5-12-8/h1-4,8H,5H2,(H,10,11)/t8-/m0/s1. The van der Waals surface area contributed by atoms with E-state index in [0.717, 1.165) is 11.1 Å². The van der Waals surface area contributed by atoms with Gasteiger partial charge in [-0.25, -0.2) is 4.79 Å². The maximum Gasteiger partial charge on any atom is 0.337 e. The molecule has 1 aliphatic heterocycles. The SMILES string of the molecule is O=C(O)[C@H]1OCc2ccccc21. The van der Waals surface area contributed by atoms with Gasteiger partial charge in [-0.1, -0.05) is 24.3 Å². The second-order valence-electron chi connectivity index (χ2n) is 2.73. The van der Waals surface area contributed by atoms with Crippen molar-refractivity contribution in [3.05, 3.63) is 35.4 Å². The number of rotatable bonds is 1. The summed E-state index contributed by atoms with van der Waals surface area (Å²) in [6, 6.07) is 7.38. The highest BCUT2D eigenvalue weighted by atomic mass is 16.5. The van der Waals surface area contributed by atoms with Gasteiger partial charge in [-0.3, -0.25) is 0 Å². The highest BCUT2D eigenvalue weighted by Crippen LogP contribution is 2.29. The fourth-order valence-electron chi connectivity index (χ4n) is 1.39. The first-order chi connectivity index (χ1) is 5.79. The number of hydrogen-bond acceptors (Lipinski definition) is 2. The first-order valence-electron chi connectivity index (χ1n) is 3.71. The van der Waals surface area contributed by atoms with Crippen LogP contribution in [0.1, 0.15) is 17.2 Å². The average molecular weight is 164 g/mol. The summed E-state index contributed by atoms with van der Waals surface area (Å²) in [6.45, 7) is 0.410. The topological polar surface area (TPSA) is 46.5 Å². The molecular weight excluding hydrogens is 156 g/mol. The molecule has 62 valence electrons. The highest BCUT2D eigenvalue weighted by Gasteiger charge is 2.28. The Bertz CT molecular complexity index is 319. The van der Waals surface area contributed by atoms with Gasteiger partial charge >= 0.3 is 5.97 Å². The fourth-order valence-corrected chi connectivity index (χ4v) is 1.39. The second-order valence-corrected chi connectivity index (χ2v) is 2.73. The lowest BCUT2D eigenvalue weighted by molar-refractivity contribution is -0.149. The molecule has 0 fully saturated rings. The predicted molar refractivity (Wildman–Crippen MR) is 41.6 cm³/mol. The monoisotopic (exact) mass is 164 g/mol. The summed E-state index contributed by atoms with van der Waals surface area (Å²) in [7, 11) is 0. The van der Waals surface area contributed by atoms with Gasteiger partial charge in [-0.15, -0.1) is 0 Å². The van der Waals surface area contributed by atoms with Crippen LogP contribution in [0.15, 0.2) is 24.3 Å². The fraction of sp³-hybridized carbons (Fsp3) is 0.222. The summed E-state index contributed by atoms with van der Waals surface area (Å²) in [6.07, 6.45) is -0.763. The Morgan fingerprint density at radius 2 is 2.25 bits per heavy atom. The van der Waals surface area contributed by atoms with Crippen molar-refractivity contribution in [3.63, 3.8) is 0 Å². The molecule has 12 heavy (non-hydrogen) atoms. The molecule has 3 heteroatoms. The zero-order valence-corrected chi connectivity index (χ0v) is 6.36. The van der Waals surface area contributed by atoms with Crippen molar-refractivity contribution in [2.45, 2.75) is 12.7 Å². The maximum absolute atomic E-state index is 10.6. The molecule has 1 heterocycles. The Hall–Kier alpha value is -1.35. The summed E-state index contributed by atoms with van der Waals surface area (Å²) < 4.78 is 5.09. The van der Waals surface area contributed by atoms with Crippen LogP contribution in [-0.2, 0) is 16.1 Å². The molecule has 0 amide bonds.